The topological polar surface area (TPSA) is 15.3 Å². The van der Waals surface area contributed by atoms with Gasteiger partial charge in [-0.25, -0.2) is 0 Å². The van der Waals surface area contributed by atoms with Crippen molar-refractivity contribution in [1.29, 1.82) is 0 Å². The molecule has 0 radical (unpaired) electrons. The Labute approximate surface area is 113 Å². The van der Waals surface area contributed by atoms with E-state index in [1.165, 1.54) is 83.8 Å². The Morgan fingerprint density at radius 1 is 0.833 bits per heavy atom. The molecule has 3 aliphatic rings. The molecule has 0 unspecified atom stereocenters. The molecule has 2 saturated carbocycles. The highest BCUT2D eigenvalue weighted by atomic mass is 15.2. The highest BCUT2D eigenvalue weighted by Gasteiger charge is 2.42. The monoisotopic (exact) mass is 250 g/mol. The molecule has 1 spiro atoms. The van der Waals surface area contributed by atoms with Gasteiger partial charge in [0.15, 0.2) is 0 Å². The standard InChI is InChI=1S/C16H30N2/c1-15(8-3-2-4-9-15)18-13-7-12-17-16(14-18)10-5-6-11-16/h17H,2-14H2,1H3. The summed E-state index contributed by atoms with van der Waals surface area (Å²) < 4.78 is 0. The summed E-state index contributed by atoms with van der Waals surface area (Å²) in [6, 6.07) is 0. The van der Waals surface area contributed by atoms with E-state index < -0.39 is 0 Å². The van der Waals surface area contributed by atoms with E-state index in [2.05, 4.69) is 17.1 Å². The van der Waals surface area contributed by atoms with Crippen LogP contribution in [0.4, 0.5) is 0 Å². The molecule has 104 valence electrons. The molecule has 0 bridgehead atoms. The molecule has 0 atom stereocenters. The third-order valence-electron chi connectivity index (χ3n) is 5.85. The van der Waals surface area contributed by atoms with Gasteiger partial charge in [0, 0.05) is 17.6 Å². The Hall–Kier alpha value is -0.0800. The number of rotatable bonds is 1. The molecule has 2 aliphatic carbocycles. The van der Waals surface area contributed by atoms with Gasteiger partial charge in [-0.2, -0.15) is 0 Å². The molecule has 0 amide bonds. The van der Waals surface area contributed by atoms with Gasteiger partial charge in [-0.3, -0.25) is 4.90 Å². The van der Waals surface area contributed by atoms with Crippen LogP contribution in [0.25, 0.3) is 0 Å². The van der Waals surface area contributed by atoms with Gasteiger partial charge in [-0.15, -0.1) is 0 Å². The highest BCUT2D eigenvalue weighted by Crippen LogP contribution is 2.38. The molecule has 3 rings (SSSR count). The Kier molecular flexibility index (Phi) is 3.68. The molecule has 1 heterocycles. The number of hydrogen-bond acceptors (Lipinski definition) is 2. The lowest BCUT2D eigenvalue weighted by molar-refractivity contribution is 0.0488. The van der Waals surface area contributed by atoms with Crippen molar-refractivity contribution in [2.75, 3.05) is 19.6 Å². The van der Waals surface area contributed by atoms with E-state index in [9.17, 15) is 0 Å². The zero-order valence-corrected chi connectivity index (χ0v) is 12.1. The van der Waals surface area contributed by atoms with Crippen molar-refractivity contribution in [1.82, 2.24) is 10.2 Å². The minimum absolute atomic E-state index is 0.483. The number of nitrogens with one attached hydrogen (secondary N) is 1. The summed E-state index contributed by atoms with van der Waals surface area (Å²) in [6.45, 7) is 6.43. The molecular formula is C16H30N2. The quantitative estimate of drug-likeness (QED) is 0.768. The van der Waals surface area contributed by atoms with Crippen LogP contribution in [-0.2, 0) is 0 Å². The maximum Gasteiger partial charge on any atom is 0.0309 e. The fraction of sp³-hybridized carbons (Fsp3) is 1.00. The SMILES string of the molecule is CC1(N2CCCNC3(CCCC3)C2)CCCCC1. The summed E-state index contributed by atoms with van der Waals surface area (Å²) in [5.74, 6) is 0. The van der Waals surface area contributed by atoms with Gasteiger partial charge in [-0.05, 0) is 52.1 Å². The summed E-state index contributed by atoms with van der Waals surface area (Å²) in [6.07, 6.45) is 14.3. The lowest BCUT2D eigenvalue weighted by atomic mass is 9.80. The van der Waals surface area contributed by atoms with Crippen LogP contribution in [0.5, 0.6) is 0 Å². The van der Waals surface area contributed by atoms with Crippen LogP contribution < -0.4 is 5.32 Å². The third-order valence-corrected chi connectivity index (χ3v) is 5.85. The van der Waals surface area contributed by atoms with Crippen molar-refractivity contribution >= 4 is 0 Å². The number of nitrogens with zero attached hydrogens (tertiary/aromatic N) is 1. The first-order valence-corrected chi connectivity index (χ1v) is 8.23. The first-order valence-electron chi connectivity index (χ1n) is 8.23. The van der Waals surface area contributed by atoms with Crippen molar-refractivity contribution in [3.05, 3.63) is 0 Å². The predicted octanol–water partition coefficient (Wildman–Crippen LogP) is 3.32. The van der Waals surface area contributed by atoms with Gasteiger partial charge in [0.05, 0.1) is 0 Å². The van der Waals surface area contributed by atoms with Gasteiger partial charge in [-0.1, -0.05) is 32.1 Å². The zero-order chi connectivity index (χ0) is 12.5. The largest absolute Gasteiger partial charge is 0.310 e. The summed E-state index contributed by atoms with van der Waals surface area (Å²) in [5, 5.41) is 3.90. The molecule has 0 aromatic carbocycles. The minimum Gasteiger partial charge on any atom is -0.310 e. The van der Waals surface area contributed by atoms with Crippen LogP contribution in [0, 0.1) is 0 Å². The van der Waals surface area contributed by atoms with Crippen LogP contribution in [0.1, 0.15) is 71.1 Å². The van der Waals surface area contributed by atoms with Crippen LogP contribution in [0.3, 0.4) is 0 Å². The van der Waals surface area contributed by atoms with E-state index in [4.69, 9.17) is 0 Å². The summed E-state index contributed by atoms with van der Waals surface area (Å²) >= 11 is 0. The normalized spacial score (nSPS) is 32.5. The van der Waals surface area contributed by atoms with Gasteiger partial charge < -0.3 is 5.32 Å². The predicted molar refractivity (Wildman–Crippen MR) is 76.9 cm³/mol. The second kappa shape index (κ2) is 5.13. The van der Waals surface area contributed by atoms with E-state index in [-0.39, 0.29) is 0 Å². The average Bonchev–Trinajstić information content (AvgIpc) is 2.71. The van der Waals surface area contributed by atoms with Crippen molar-refractivity contribution in [2.45, 2.75) is 82.2 Å². The molecule has 3 fully saturated rings. The van der Waals surface area contributed by atoms with Crippen LogP contribution >= 0.6 is 0 Å². The molecule has 1 aliphatic heterocycles. The lowest BCUT2D eigenvalue weighted by Gasteiger charge is -2.46. The molecular weight excluding hydrogens is 220 g/mol. The van der Waals surface area contributed by atoms with Gasteiger partial charge in [0.2, 0.25) is 0 Å². The van der Waals surface area contributed by atoms with Crippen molar-refractivity contribution in [3.8, 4) is 0 Å². The first-order chi connectivity index (χ1) is 8.73. The van der Waals surface area contributed by atoms with Crippen molar-refractivity contribution < 1.29 is 0 Å². The molecule has 0 aromatic heterocycles. The van der Waals surface area contributed by atoms with Gasteiger partial charge >= 0.3 is 0 Å². The van der Waals surface area contributed by atoms with Gasteiger partial charge in [0.25, 0.3) is 0 Å². The van der Waals surface area contributed by atoms with E-state index in [0.29, 0.717) is 11.1 Å². The van der Waals surface area contributed by atoms with E-state index in [1.807, 2.05) is 0 Å². The van der Waals surface area contributed by atoms with Crippen LogP contribution in [-0.4, -0.2) is 35.6 Å². The Morgan fingerprint density at radius 2 is 1.50 bits per heavy atom. The fourth-order valence-corrected chi connectivity index (χ4v) is 4.60. The summed E-state index contributed by atoms with van der Waals surface area (Å²) in [4.78, 5) is 2.87. The maximum absolute atomic E-state index is 3.90. The van der Waals surface area contributed by atoms with E-state index >= 15 is 0 Å². The maximum atomic E-state index is 3.90. The third kappa shape index (κ3) is 2.46. The molecule has 2 heteroatoms. The fourth-order valence-electron chi connectivity index (χ4n) is 4.60. The Bertz CT molecular complexity index is 275. The highest BCUT2D eigenvalue weighted by molar-refractivity contribution is 5.01. The van der Waals surface area contributed by atoms with E-state index in [1.54, 1.807) is 0 Å². The summed E-state index contributed by atoms with van der Waals surface area (Å²) in [7, 11) is 0. The molecule has 0 aromatic rings. The Morgan fingerprint density at radius 3 is 2.22 bits per heavy atom. The average molecular weight is 250 g/mol. The van der Waals surface area contributed by atoms with Crippen molar-refractivity contribution in [2.24, 2.45) is 0 Å². The summed E-state index contributed by atoms with van der Waals surface area (Å²) in [5.41, 5.74) is 0.997. The van der Waals surface area contributed by atoms with Crippen LogP contribution in [0.2, 0.25) is 0 Å². The van der Waals surface area contributed by atoms with Crippen LogP contribution in [0.15, 0.2) is 0 Å². The second-order valence-electron chi connectivity index (χ2n) is 7.25. The molecule has 1 saturated heterocycles. The second-order valence-corrected chi connectivity index (χ2v) is 7.25. The molecule has 18 heavy (non-hydrogen) atoms. The lowest BCUT2D eigenvalue weighted by Crippen LogP contribution is -2.56. The first kappa shape index (κ1) is 12.9. The smallest absolute Gasteiger partial charge is 0.0309 e. The van der Waals surface area contributed by atoms with Crippen molar-refractivity contribution in [3.63, 3.8) is 0 Å². The zero-order valence-electron chi connectivity index (χ0n) is 12.1. The number of hydrogen-bond donors (Lipinski definition) is 1. The van der Waals surface area contributed by atoms with Gasteiger partial charge in [0.1, 0.15) is 0 Å². The molecule has 2 nitrogen and oxygen atoms in total. The minimum atomic E-state index is 0.483. The Balaban J connectivity index is 1.73. The molecule has 1 N–H and O–H groups in total. The van der Waals surface area contributed by atoms with E-state index in [0.717, 1.165) is 0 Å².